The van der Waals surface area contributed by atoms with Crippen molar-refractivity contribution in [1.29, 1.82) is 0 Å². The Morgan fingerprint density at radius 1 is 0.291 bits per heavy atom. The van der Waals surface area contributed by atoms with Crippen molar-refractivity contribution in [3.05, 3.63) is 206 Å². The highest BCUT2D eigenvalue weighted by Crippen LogP contribution is 2.41. The Kier molecular flexibility index (Phi) is 8.12. The van der Waals surface area contributed by atoms with Crippen LogP contribution in [0.5, 0.6) is 0 Å². The summed E-state index contributed by atoms with van der Waals surface area (Å²) in [7, 11) is 0. The third kappa shape index (κ3) is 6.06. The first-order valence-electron chi connectivity index (χ1n) is 18.5. The Balaban J connectivity index is 1.06. The molecule has 0 saturated carbocycles. The zero-order valence-electron chi connectivity index (χ0n) is 29.9. The molecule has 0 radical (unpaired) electrons. The summed E-state index contributed by atoms with van der Waals surface area (Å²) in [5.41, 5.74) is 13.4. The number of nitrogens with zero attached hydrogens (tertiary/aromatic N) is 4. The molecule has 258 valence electrons. The van der Waals surface area contributed by atoms with E-state index >= 15 is 0 Å². The fraction of sp³-hybridized carbons (Fsp3) is 0. The molecule has 0 N–H and O–H groups in total. The summed E-state index contributed by atoms with van der Waals surface area (Å²) in [4.78, 5) is 14.7. The Morgan fingerprint density at radius 2 is 0.727 bits per heavy atom. The number of rotatable bonds is 7. The van der Waals surface area contributed by atoms with Crippen molar-refractivity contribution in [3.8, 4) is 73.2 Å². The molecule has 55 heavy (non-hydrogen) atoms. The first-order valence-corrected chi connectivity index (χ1v) is 18.5. The number of hydrogen-bond acceptors (Lipinski definition) is 3. The van der Waals surface area contributed by atoms with Crippen molar-refractivity contribution >= 4 is 21.8 Å². The highest BCUT2D eigenvalue weighted by atomic mass is 15.0. The molecule has 0 spiro atoms. The van der Waals surface area contributed by atoms with E-state index in [4.69, 9.17) is 15.0 Å². The van der Waals surface area contributed by atoms with E-state index in [1.165, 1.54) is 44.1 Å². The van der Waals surface area contributed by atoms with E-state index in [0.29, 0.717) is 17.5 Å². The third-order valence-corrected chi connectivity index (χ3v) is 10.3. The van der Waals surface area contributed by atoms with E-state index in [0.717, 1.165) is 33.5 Å². The predicted molar refractivity (Wildman–Crippen MR) is 227 cm³/mol. The van der Waals surface area contributed by atoms with E-state index in [1.54, 1.807) is 0 Å². The first-order chi connectivity index (χ1) is 27.3. The van der Waals surface area contributed by atoms with E-state index in [2.05, 4.69) is 150 Å². The molecular formula is C51H34N4. The molecule has 0 unspecified atom stereocenters. The second kappa shape index (κ2) is 13.8. The van der Waals surface area contributed by atoms with Crippen LogP contribution >= 0.6 is 0 Å². The van der Waals surface area contributed by atoms with E-state index < -0.39 is 0 Å². The summed E-state index contributed by atoms with van der Waals surface area (Å²) < 4.78 is 2.40. The van der Waals surface area contributed by atoms with Gasteiger partial charge in [0, 0.05) is 33.2 Å². The van der Waals surface area contributed by atoms with Gasteiger partial charge in [0.05, 0.1) is 11.0 Å². The minimum absolute atomic E-state index is 0.643. The van der Waals surface area contributed by atoms with Crippen molar-refractivity contribution < 1.29 is 0 Å². The molecule has 0 amide bonds. The van der Waals surface area contributed by atoms with Gasteiger partial charge in [-0.15, -0.1) is 0 Å². The lowest BCUT2D eigenvalue weighted by Crippen LogP contribution is -2.00. The van der Waals surface area contributed by atoms with Crippen LogP contribution in [0.25, 0.3) is 95.0 Å². The van der Waals surface area contributed by atoms with Gasteiger partial charge in [-0.1, -0.05) is 176 Å². The number of hydrogen-bond donors (Lipinski definition) is 0. The molecule has 2 heterocycles. The maximum atomic E-state index is 4.93. The van der Waals surface area contributed by atoms with Gasteiger partial charge in [-0.2, -0.15) is 0 Å². The molecule has 10 rings (SSSR count). The number of para-hydroxylation sites is 1. The molecule has 0 aliphatic carbocycles. The molecule has 4 heteroatoms. The van der Waals surface area contributed by atoms with Crippen LogP contribution in [0.3, 0.4) is 0 Å². The minimum atomic E-state index is 0.643. The summed E-state index contributed by atoms with van der Waals surface area (Å²) >= 11 is 0. The van der Waals surface area contributed by atoms with Crippen LogP contribution in [-0.4, -0.2) is 19.5 Å². The van der Waals surface area contributed by atoms with Crippen LogP contribution in [0.4, 0.5) is 0 Å². The van der Waals surface area contributed by atoms with Gasteiger partial charge in [0.2, 0.25) is 0 Å². The van der Waals surface area contributed by atoms with E-state index in [1.807, 2.05) is 60.7 Å². The van der Waals surface area contributed by atoms with Gasteiger partial charge >= 0.3 is 0 Å². The quantitative estimate of drug-likeness (QED) is 0.166. The van der Waals surface area contributed by atoms with Crippen LogP contribution < -0.4 is 0 Å². The lowest BCUT2D eigenvalue weighted by molar-refractivity contribution is 1.07. The lowest BCUT2D eigenvalue weighted by atomic mass is 9.95. The summed E-state index contributed by atoms with van der Waals surface area (Å²) in [6.45, 7) is 0. The Hall–Kier alpha value is -7.43. The van der Waals surface area contributed by atoms with Crippen molar-refractivity contribution in [2.24, 2.45) is 0 Å². The van der Waals surface area contributed by atoms with Crippen LogP contribution in [0.15, 0.2) is 206 Å². The summed E-state index contributed by atoms with van der Waals surface area (Å²) in [6, 6.07) is 72.4. The van der Waals surface area contributed by atoms with Crippen molar-refractivity contribution in [2.45, 2.75) is 0 Å². The average Bonchev–Trinajstić information content (AvgIpc) is 3.61. The van der Waals surface area contributed by atoms with Gasteiger partial charge in [-0.05, 0) is 63.7 Å². The van der Waals surface area contributed by atoms with Gasteiger partial charge < -0.3 is 4.57 Å². The zero-order valence-corrected chi connectivity index (χ0v) is 29.9. The van der Waals surface area contributed by atoms with Crippen molar-refractivity contribution in [1.82, 2.24) is 19.5 Å². The summed E-state index contributed by atoms with van der Waals surface area (Å²) in [5.74, 6) is 1.95. The summed E-state index contributed by atoms with van der Waals surface area (Å²) in [5, 5.41) is 2.47. The Bertz CT molecular complexity index is 2880. The molecular weight excluding hydrogens is 669 g/mol. The largest absolute Gasteiger partial charge is 0.309 e. The van der Waals surface area contributed by atoms with Gasteiger partial charge in [-0.25, -0.2) is 15.0 Å². The maximum absolute atomic E-state index is 4.93. The van der Waals surface area contributed by atoms with Crippen LogP contribution in [0, 0.1) is 0 Å². The molecule has 0 saturated heterocycles. The molecule has 4 nitrogen and oxygen atoms in total. The standard InChI is InChI=1S/C51H34N4/c1-5-15-35(16-6-1)41-31-32-45-47(34-41)55(43-23-11-4-12-24-43)46-26-14-25-44(48(45)46)42-22-13-21-40(33-42)36-27-29-39(30-28-36)51-53-49(37-17-7-2-8-18-37)52-50(54-51)38-19-9-3-10-20-38/h1-34H. The predicted octanol–water partition coefficient (Wildman–Crippen LogP) is 13.0. The number of fused-ring (bicyclic) bond motifs is 3. The molecule has 0 aliphatic heterocycles. The molecule has 8 aromatic carbocycles. The highest BCUT2D eigenvalue weighted by Gasteiger charge is 2.18. The van der Waals surface area contributed by atoms with Gasteiger partial charge in [0.15, 0.2) is 17.5 Å². The van der Waals surface area contributed by atoms with Crippen molar-refractivity contribution in [2.75, 3.05) is 0 Å². The smallest absolute Gasteiger partial charge is 0.164 e. The highest BCUT2D eigenvalue weighted by molar-refractivity contribution is 6.16. The normalized spacial score (nSPS) is 11.3. The minimum Gasteiger partial charge on any atom is -0.309 e. The van der Waals surface area contributed by atoms with Gasteiger partial charge in [0.1, 0.15) is 0 Å². The molecule has 0 atom stereocenters. The average molecular weight is 703 g/mol. The Morgan fingerprint density at radius 3 is 1.35 bits per heavy atom. The van der Waals surface area contributed by atoms with Crippen LogP contribution in [-0.2, 0) is 0 Å². The topological polar surface area (TPSA) is 43.6 Å². The number of aromatic nitrogens is 4. The van der Waals surface area contributed by atoms with Crippen LogP contribution in [0.1, 0.15) is 0 Å². The SMILES string of the molecule is c1ccc(-c2ccc3c4c(-c5cccc(-c6ccc(-c7nc(-c8ccccc8)nc(-c8ccccc8)n7)cc6)c5)cccc4n(-c4ccccc4)c3c2)cc1. The molecule has 2 aromatic heterocycles. The lowest BCUT2D eigenvalue weighted by Gasteiger charge is -2.11. The van der Waals surface area contributed by atoms with Crippen LogP contribution in [0.2, 0.25) is 0 Å². The molecule has 0 aliphatic rings. The molecule has 10 aromatic rings. The third-order valence-electron chi connectivity index (χ3n) is 10.3. The zero-order chi connectivity index (χ0) is 36.6. The van der Waals surface area contributed by atoms with E-state index in [-0.39, 0.29) is 0 Å². The first kappa shape index (κ1) is 32.2. The monoisotopic (exact) mass is 702 g/mol. The van der Waals surface area contributed by atoms with E-state index in [9.17, 15) is 0 Å². The fourth-order valence-corrected chi connectivity index (χ4v) is 7.59. The Labute approximate surface area is 319 Å². The maximum Gasteiger partial charge on any atom is 0.164 e. The molecule has 0 bridgehead atoms. The summed E-state index contributed by atoms with van der Waals surface area (Å²) in [6.07, 6.45) is 0. The second-order valence-electron chi connectivity index (χ2n) is 13.7. The molecule has 0 fully saturated rings. The van der Waals surface area contributed by atoms with Gasteiger partial charge in [0.25, 0.3) is 0 Å². The van der Waals surface area contributed by atoms with Crippen molar-refractivity contribution in [3.63, 3.8) is 0 Å². The fourth-order valence-electron chi connectivity index (χ4n) is 7.59. The van der Waals surface area contributed by atoms with Gasteiger partial charge in [-0.3, -0.25) is 0 Å². The number of benzene rings is 8. The second-order valence-corrected chi connectivity index (χ2v) is 13.7.